The number of nitrogen functional groups attached to an aromatic ring is 1. The van der Waals surface area contributed by atoms with Gasteiger partial charge in [-0.1, -0.05) is 12.1 Å². The molecule has 5 nitrogen and oxygen atoms in total. The van der Waals surface area contributed by atoms with Crippen LogP contribution in [-0.2, 0) is 0 Å². The fraction of sp³-hybridized carbons (Fsp3) is 0.556. The third-order valence-electron chi connectivity index (χ3n) is 5.19. The largest absolute Gasteiger partial charge is 0.368 e. The van der Waals surface area contributed by atoms with Crippen LogP contribution >= 0.6 is 0 Å². The van der Waals surface area contributed by atoms with Crippen LogP contribution < -0.4 is 16.0 Å². The van der Waals surface area contributed by atoms with E-state index in [-0.39, 0.29) is 0 Å². The highest BCUT2D eigenvalue weighted by atomic mass is 15.4. The minimum absolute atomic E-state index is 0.358. The molecule has 1 aromatic heterocycles. The Hall–Kier alpha value is -1.72. The first-order chi connectivity index (χ1) is 11.0. The van der Waals surface area contributed by atoms with Crippen molar-refractivity contribution in [2.45, 2.75) is 25.7 Å². The van der Waals surface area contributed by atoms with Gasteiger partial charge in [0.1, 0.15) is 0 Å². The van der Waals surface area contributed by atoms with E-state index >= 15 is 0 Å². The number of para-hydroxylation sites is 1. The van der Waals surface area contributed by atoms with Gasteiger partial charge in [0, 0.05) is 5.92 Å². The van der Waals surface area contributed by atoms with E-state index in [4.69, 9.17) is 11.5 Å². The highest BCUT2D eigenvalue weighted by Gasteiger charge is 2.31. The lowest BCUT2D eigenvalue weighted by Crippen LogP contribution is -2.46. The van der Waals surface area contributed by atoms with Crippen LogP contribution in [0.5, 0.6) is 0 Å². The molecule has 1 fully saturated rings. The summed E-state index contributed by atoms with van der Waals surface area (Å²) < 4.78 is 0.741. The molecule has 5 heteroatoms. The van der Waals surface area contributed by atoms with Gasteiger partial charge in [0.05, 0.1) is 31.5 Å². The smallest absolute Gasteiger partial charge is 0.240 e. The van der Waals surface area contributed by atoms with Crippen molar-refractivity contribution in [1.82, 2.24) is 14.5 Å². The van der Waals surface area contributed by atoms with Crippen LogP contribution in [0.15, 0.2) is 24.3 Å². The quantitative estimate of drug-likeness (QED) is 0.850. The molecule has 0 aliphatic heterocycles. The summed E-state index contributed by atoms with van der Waals surface area (Å²) >= 11 is 0. The number of hydrogen-bond acceptors (Lipinski definition) is 4. The molecule has 3 rings (SSSR count). The Balaban J connectivity index is 1.85. The van der Waals surface area contributed by atoms with Crippen molar-refractivity contribution in [2.24, 2.45) is 17.6 Å². The Morgan fingerprint density at radius 3 is 2.39 bits per heavy atom. The third kappa shape index (κ3) is 3.46. The Bertz CT molecular complexity index is 674. The zero-order chi connectivity index (χ0) is 16.4. The molecule has 0 bridgehead atoms. The van der Waals surface area contributed by atoms with Gasteiger partial charge < -0.3 is 11.5 Å². The van der Waals surface area contributed by atoms with E-state index in [1.165, 1.54) is 25.7 Å². The lowest BCUT2D eigenvalue weighted by molar-refractivity contribution is 0.224. The fourth-order valence-corrected chi connectivity index (χ4v) is 3.92. The minimum atomic E-state index is 0.358. The van der Waals surface area contributed by atoms with Crippen LogP contribution in [0, 0.1) is 11.8 Å². The lowest BCUT2D eigenvalue weighted by atomic mass is 9.81. The second kappa shape index (κ2) is 6.42. The van der Waals surface area contributed by atoms with Crippen LogP contribution in [-0.4, -0.2) is 37.2 Å². The summed E-state index contributed by atoms with van der Waals surface area (Å²) in [5, 5.41) is 1.10. The second-order valence-electron chi connectivity index (χ2n) is 7.41. The highest BCUT2D eigenvalue weighted by Crippen LogP contribution is 2.33. The predicted molar refractivity (Wildman–Crippen MR) is 97.0 cm³/mol. The molecule has 0 atom stereocenters. The van der Waals surface area contributed by atoms with Gasteiger partial charge >= 0.3 is 0 Å². The first kappa shape index (κ1) is 16.1. The number of anilines is 1. The number of hydrogen-bond donors (Lipinski definition) is 2. The number of fused-ring (bicyclic) bond motifs is 1. The van der Waals surface area contributed by atoms with E-state index in [1.807, 2.05) is 18.2 Å². The number of benzene rings is 1. The summed E-state index contributed by atoms with van der Waals surface area (Å²) in [6.07, 6.45) is 5.05. The number of quaternary nitrogens is 1. The summed E-state index contributed by atoms with van der Waals surface area (Å²) in [6, 6.07) is 8.13. The SMILES string of the molecule is C[N+](C)(C[C@H]1CC[C@H](CN)CC1)c1nc(N)nc2ccccc12. The molecule has 0 amide bonds. The molecule has 23 heavy (non-hydrogen) atoms. The monoisotopic (exact) mass is 314 g/mol. The van der Waals surface area contributed by atoms with Gasteiger partial charge in [-0.3, -0.25) is 4.48 Å². The van der Waals surface area contributed by atoms with Gasteiger partial charge in [-0.2, -0.15) is 4.98 Å². The zero-order valence-electron chi connectivity index (χ0n) is 14.2. The van der Waals surface area contributed by atoms with Crippen molar-refractivity contribution < 1.29 is 0 Å². The van der Waals surface area contributed by atoms with E-state index in [0.29, 0.717) is 5.95 Å². The molecule has 0 unspecified atom stereocenters. The maximum absolute atomic E-state index is 5.94. The van der Waals surface area contributed by atoms with Crippen LogP contribution in [0.4, 0.5) is 11.8 Å². The van der Waals surface area contributed by atoms with E-state index < -0.39 is 0 Å². The summed E-state index contributed by atoms with van der Waals surface area (Å²) in [5.74, 6) is 2.82. The van der Waals surface area contributed by atoms with Crippen LogP contribution in [0.3, 0.4) is 0 Å². The van der Waals surface area contributed by atoms with Gasteiger partial charge in [-0.25, -0.2) is 4.98 Å². The van der Waals surface area contributed by atoms with Crippen molar-refractivity contribution >= 4 is 22.7 Å². The summed E-state index contributed by atoms with van der Waals surface area (Å²) in [7, 11) is 4.45. The molecule has 0 spiro atoms. The van der Waals surface area contributed by atoms with E-state index in [0.717, 1.165) is 46.1 Å². The average Bonchev–Trinajstić information content (AvgIpc) is 2.54. The molecular formula is C18H28N5+. The van der Waals surface area contributed by atoms with Gasteiger partial charge in [0.25, 0.3) is 0 Å². The first-order valence-electron chi connectivity index (χ1n) is 8.55. The average molecular weight is 314 g/mol. The van der Waals surface area contributed by atoms with Crippen LogP contribution in [0.1, 0.15) is 25.7 Å². The van der Waals surface area contributed by atoms with E-state index in [1.54, 1.807) is 0 Å². The van der Waals surface area contributed by atoms with Crippen molar-refractivity contribution in [3.8, 4) is 0 Å². The zero-order valence-corrected chi connectivity index (χ0v) is 14.2. The number of nitrogens with zero attached hydrogens (tertiary/aromatic N) is 3. The minimum Gasteiger partial charge on any atom is -0.368 e. The Morgan fingerprint density at radius 1 is 1.04 bits per heavy atom. The van der Waals surface area contributed by atoms with E-state index in [9.17, 15) is 0 Å². The first-order valence-corrected chi connectivity index (χ1v) is 8.55. The van der Waals surface area contributed by atoms with Gasteiger partial charge in [-0.15, -0.1) is 0 Å². The lowest BCUT2D eigenvalue weighted by Gasteiger charge is -2.35. The maximum atomic E-state index is 5.94. The van der Waals surface area contributed by atoms with Gasteiger partial charge in [0.15, 0.2) is 0 Å². The molecule has 2 aromatic rings. The Labute approximate surface area is 138 Å². The molecule has 0 radical (unpaired) electrons. The van der Waals surface area contributed by atoms with Crippen molar-refractivity contribution in [3.63, 3.8) is 0 Å². The van der Waals surface area contributed by atoms with Crippen LogP contribution in [0.2, 0.25) is 0 Å². The summed E-state index contributed by atoms with van der Waals surface area (Å²) in [5.41, 5.74) is 12.7. The van der Waals surface area contributed by atoms with Gasteiger partial charge in [0.2, 0.25) is 11.8 Å². The Kier molecular flexibility index (Phi) is 4.50. The van der Waals surface area contributed by atoms with Gasteiger partial charge in [-0.05, 0) is 50.3 Å². The summed E-state index contributed by atoms with van der Waals surface area (Å²) in [4.78, 5) is 8.95. The fourth-order valence-electron chi connectivity index (χ4n) is 3.92. The molecule has 1 aromatic carbocycles. The summed E-state index contributed by atoms with van der Waals surface area (Å²) in [6.45, 7) is 1.91. The number of aromatic nitrogens is 2. The van der Waals surface area contributed by atoms with Crippen molar-refractivity contribution in [2.75, 3.05) is 32.9 Å². The van der Waals surface area contributed by atoms with Crippen LogP contribution in [0.25, 0.3) is 10.9 Å². The molecule has 1 aliphatic rings. The molecule has 1 aliphatic carbocycles. The molecule has 1 saturated carbocycles. The topological polar surface area (TPSA) is 77.8 Å². The Morgan fingerprint density at radius 2 is 1.70 bits per heavy atom. The van der Waals surface area contributed by atoms with E-state index in [2.05, 4.69) is 30.1 Å². The second-order valence-corrected chi connectivity index (χ2v) is 7.41. The third-order valence-corrected chi connectivity index (χ3v) is 5.19. The molecule has 4 N–H and O–H groups in total. The number of rotatable bonds is 4. The molecular weight excluding hydrogens is 286 g/mol. The van der Waals surface area contributed by atoms with Crippen molar-refractivity contribution in [3.05, 3.63) is 24.3 Å². The molecule has 124 valence electrons. The molecule has 1 heterocycles. The highest BCUT2D eigenvalue weighted by molar-refractivity contribution is 5.89. The number of nitrogens with two attached hydrogens (primary N) is 2. The normalized spacial score (nSPS) is 22.4. The molecule has 0 saturated heterocycles. The maximum Gasteiger partial charge on any atom is 0.240 e. The van der Waals surface area contributed by atoms with Crippen molar-refractivity contribution in [1.29, 1.82) is 0 Å². The predicted octanol–water partition coefficient (Wildman–Crippen LogP) is 2.54. The standard InChI is InChI=1S/C18H28N5/c1-23(2,12-14-9-7-13(11-19)8-10-14)17-15-5-3-4-6-16(15)21-18(20)22-17/h3-6,13-14H,7-12,19H2,1-2H3,(H2,20,21,22)/q+1/t13-,14-.